The molecule has 2 aliphatic heterocycles. The highest BCUT2D eigenvalue weighted by Crippen LogP contribution is 2.31. The topological polar surface area (TPSA) is 150 Å². The number of anilines is 3. The summed E-state index contributed by atoms with van der Waals surface area (Å²) in [5.41, 5.74) is 5.11. The fourth-order valence-electron chi connectivity index (χ4n) is 6.27. The number of benzene rings is 3. The second kappa shape index (κ2) is 14.9. The van der Waals surface area contributed by atoms with E-state index in [9.17, 15) is 24.0 Å². The number of piperidine rings is 1. The minimum Gasteiger partial charge on any atom is -0.352 e. The first-order chi connectivity index (χ1) is 25.2. The fraction of sp³-hybridized carbons (Fsp3) is 0.200. The summed E-state index contributed by atoms with van der Waals surface area (Å²) in [5, 5.41) is 14.2. The van der Waals surface area contributed by atoms with E-state index in [0.29, 0.717) is 54.0 Å². The van der Waals surface area contributed by atoms with Crippen LogP contribution in [0.25, 0.3) is 10.1 Å². The lowest BCUT2D eigenvalue weighted by Crippen LogP contribution is -2.52. The first-order valence-corrected chi connectivity index (χ1v) is 17.8. The number of nitrogens with one attached hydrogen (secondary N) is 4. The monoisotopic (exact) mass is 710 g/mol. The van der Waals surface area contributed by atoms with E-state index in [0.717, 1.165) is 32.5 Å². The molecule has 0 bridgehead atoms. The van der Waals surface area contributed by atoms with Crippen molar-refractivity contribution < 1.29 is 24.0 Å². The Morgan fingerprint density at radius 1 is 1.00 bits per heavy atom. The number of carbonyl (C=O) groups is 5. The van der Waals surface area contributed by atoms with Gasteiger partial charge in [0.15, 0.2) is 5.82 Å². The van der Waals surface area contributed by atoms with Crippen molar-refractivity contribution in [1.82, 2.24) is 20.5 Å². The largest absolute Gasteiger partial charge is 0.352 e. The summed E-state index contributed by atoms with van der Waals surface area (Å²) in [6.45, 7) is 2.63. The van der Waals surface area contributed by atoms with Gasteiger partial charge in [0.2, 0.25) is 11.8 Å². The molecular formula is C40H34N6O5S. The van der Waals surface area contributed by atoms with Gasteiger partial charge in [0, 0.05) is 64.4 Å². The lowest BCUT2D eigenvalue weighted by molar-refractivity contribution is -0.136. The third kappa shape index (κ3) is 7.26. The number of fused-ring (bicyclic) bond motifs is 2. The minimum absolute atomic E-state index is 0.204. The Bertz CT molecular complexity index is 2320. The van der Waals surface area contributed by atoms with E-state index in [1.807, 2.05) is 66.9 Å². The molecule has 3 aromatic carbocycles. The Hall–Kier alpha value is -6.32. The molecule has 0 spiro atoms. The van der Waals surface area contributed by atoms with Crippen LogP contribution in [0.2, 0.25) is 0 Å². The summed E-state index contributed by atoms with van der Waals surface area (Å²) >= 11 is 1.49. The van der Waals surface area contributed by atoms with Crippen LogP contribution in [0, 0.1) is 18.8 Å². The molecule has 7 rings (SSSR count). The second-order valence-corrected chi connectivity index (χ2v) is 13.5. The van der Waals surface area contributed by atoms with Crippen LogP contribution in [-0.2, 0) is 16.1 Å². The van der Waals surface area contributed by atoms with E-state index in [1.165, 1.54) is 22.4 Å². The van der Waals surface area contributed by atoms with Crippen molar-refractivity contribution in [3.63, 3.8) is 0 Å². The number of pyridine rings is 1. The zero-order valence-corrected chi connectivity index (χ0v) is 29.1. The maximum atomic E-state index is 13.5. The van der Waals surface area contributed by atoms with Gasteiger partial charge in [0.05, 0.1) is 16.8 Å². The van der Waals surface area contributed by atoms with E-state index in [4.69, 9.17) is 0 Å². The van der Waals surface area contributed by atoms with Crippen LogP contribution in [-0.4, -0.2) is 52.0 Å². The van der Waals surface area contributed by atoms with Gasteiger partial charge >= 0.3 is 0 Å². The molecule has 0 radical (unpaired) electrons. The first-order valence-electron chi connectivity index (χ1n) is 16.9. The number of imide groups is 1. The first kappa shape index (κ1) is 34.1. The highest BCUT2D eigenvalue weighted by atomic mass is 32.1. The average molecular weight is 711 g/mol. The number of aryl methyl sites for hydroxylation is 1. The minimum atomic E-state index is -0.663. The van der Waals surface area contributed by atoms with Crippen LogP contribution in [0.4, 0.5) is 17.2 Å². The van der Waals surface area contributed by atoms with E-state index in [-0.39, 0.29) is 36.6 Å². The number of rotatable bonds is 9. The zero-order valence-electron chi connectivity index (χ0n) is 28.2. The van der Waals surface area contributed by atoms with Crippen molar-refractivity contribution in [3.8, 4) is 11.8 Å². The van der Waals surface area contributed by atoms with Crippen LogP contribution < -0.4 is 21.3 Å². The SMILES string of the molecule is Cc1ccccc1Nc1ncc(C(=O)NCCCC#Cc2ccc3c(c2)CN(C2CCC(=O)NC2=O)C3=O)cc1NC(=O)c1csc2ccccc12. The molecule has 1 atom stereocenters. The molecule has 5 aromatic rings. The fourth-order valence-corrected chi connectivity index (χ4v) is 7.21. The summed E-state index contributed by atoms with van der Waals surface area (Å²) in [5.74, 6) is 5.04. The van der Waals surface area contributed by atoms with E-state index in [1.54, 1.807) is 18.2 Å². The molecule has 2 aromatic heterocycles. The maximum Gasteiger partial charge on any atom is 0.257 e. The normalized spacial score (nSPS) is 15.1. The Labute approximate surface area is 303 Å². The van der Waals surface area contributed by atoms with Gasteiger partial charge in [-0.2, -0.15) is 0 Å². The molecule has 0 aliphatic carbocycles. The number of amides is 5. The molecule has 12 heteroatoms. The average Bonchev–Trinajstić information content (AvgIpc) is 3.72. The number of carbonyl (C=O) groups excluding carboxylic acids is 5. The number of para-hydroxylation sites is 1. The Balaban J connectivity index is 0.971. The van der Waals surface area contributed by atoms with Gasteiger partial charge < -0.3 is 20.9 Å². The smallest absolute Gasteiger partial charge is 0.257 e. The van der Waals surface area contributed by atoms with E-state index >= 15 is 0 Å². The molecular weight excluding hydrogens is 677 g/mol. The summed E-state index contributed by atoms with van der Waals surface area (Å²) in [7, 11) is 0. The number of unbranched alkanes of at least 4 members (excludes halogenated alkanes) is 1. The molecule has 11 nitrogen and oxygen atoms in total. The molecule has 4 N–H and O–H groups in total. The van der Waals surface area contributed by atoms with Gasteiger partial charge in [-0.15, -0.1) is 11.3 Å². The predicted octanol–water partition coefficient (Wildman–Crippen LogP) is 5.92. The molecule has 2 aliphatic rings. The van der Waals surface area contributed by atoms with Crippen LogP contribution in [0.3, 0.4) is 0 Å². The van der Waals surface area contributed by atoms with Crippen molar-refractivity contribution in [2.75, 3.05) is 17.2 Å². The van der Waals surface area contributed by atoms with Crippen LogP contribution in [0.1, 0.15) is 73.4 Å². The van der Waals surface area contributed by atoms with Crippen molar-refractivity contribution in [2.24, 2.45) is 0 Å². The number of aromatic nitrogens is 1. The van der Waals surface area contributed by atoms with Gasteiger partial charge in [0.25, 0.3) is 17.7 Å². The Morgan fingerprint density at radius 2 is 1.83 bits per heavy atom. The summed E-state index contributed by atoms with van der Waals surface area (Å²) in [4.78, 5) is 69.5. The standard InChI is InChI=1S/C40H34N6O5S/c1-24-9-4-6-12-31(24)43-36-32(44-38(49)30-23-52-34-13-7-5-11-29(30)34)20-26(21-42-36)37(48)41-18-8-2-3-10-25-14-15-28-27(19-25)22-46(40(28)51)33-16-17-35(47)45-39(33)50/h4-7,9,11-15,19-21,23,33H,2,8,16-18,22H2,1H3,(H,41,48)(H,42,43)(H,44,49)(H,45,47,50). The summed E-state index contributed by atoms with van der Waals surface area (Å²) in [6.07, 6.45) is 3.11. The van der Waals surface area contributed by atoms with Gasteiger partial charge in [0.1, 0.15) is 6.04 Å². The van der Waals surface area contributed by atoms with Crippen molar-refractivity contribution in [3.05, 3.63) is 118 Å². The Morgan fingerprint density at radius 3 is 2.67 bits per heavy atom. The van der Waals surface area contributed by atoms with E-state index < -0.39 is 11.9 Å². The van der Waals surface area contributed by atoms with Gasteiger partial charge in [-0.3, -0.25) is 29.3 Å². The molecule has 1 unspecified atom stereocenters. The van der Waals surface area contributed by atoms with Gasteiger partial charge in [-0.25, -0.2) is 4.98 Å². The number of hydrogen-bond donors (Lipinski definition) is 4. The van der Waals surface area contributed by atoms with Gasteiger partial charge in [-0.05, 0) is 67.3 Å². The van der Waals surface area contributed by atoms with Crippen molar-refractivity contribution in [1.29, 1.82) is 0 Å². The third-order valence-electron chi connectivity index (χ3n) is 9.04. The molecule has 1 saturated heterocycles. The van der Waals surface area contributed by atoms with Crippen LogP contribution >= 0.6 is 11.3 Å². The van der Waals surface area contributed by atoms with Crippen molar-refractivity contribution in [2.45, 2.75) is 45.2 Å². The number of thiophene rings is 1. The molecule has 260 valence electrons. The quantitative estimate of drug-likeness (QED) is 0.0843. The van der Waals surface area contributed by atoms with E-state index in [2.05, 4.69) is 38.1 Å². The molecule has 0 saturated carbocycles. The third-order valence-corrected chi connectivity index (χ3v) is 10.0. The Kier molecular flexibility index (Phi) is 9.77. The summed E-state index contributed by atoms with van der Waals surface area (Å²) < 4.78 is 1.00. The predicted molar refractivity (Wildman–Crippen MR) is 199 cm³/mol. The number of nitrogens with zero attached hydrogens (tertiary/aromatic N) is 2. The second-order valence-electron chi connectivity index (χ2n) is 12.6. The molecule has 5 amide bonds. The lowest BCUT2D eigenvalue weighted by atomic mass is 10.0. The van der Waals surface area contributed by atoms with Gasteiger partial charge in [-0.1, -0.05) is 48.2 Å². The summed E-state index contributed by atoms with van der Waals surface area (Å²) in [6, 6.07) is 21.8. The highest BCUT2D eigenvalue weighted by Gasteiger charge is 2.39. The molecule has 52 heavy (non-hydrogen) atoms. The maximum absolute atomic E-state index is 13.5. The molecule has 1 fully saturated rings. The zero-order chi connectivity index (χ0) is 36.2. The van der Waals surface area contributed by atoms with Crippen LogP contribution in [0.15, 0.2) is 84.4 Å². The number of hydrogen-bond acceptors (Lipinski definition) is 8. The van der Waals surface area contributed by atoms with Crippen LogP contribution in [0.5, 0.6) is 0 Å². The molecule has 4 heterocycles. The lowest BCUT2D eigenvalue weighted by Gasteiger charge is -2.29. The van der Waals surface area contributed by atoms with Crippen molar-refractivity contribution >= 4 is 68.2 Å². The highest BCUT2D eigenvalue weighted by molar-refractivity contribution is 7.17.